The highest BCUT2D eigenvalue weighted by Gasteiger charge is 2.38. The van der Waals surface area contributed by atoms with Gasteiger partial charge in [0.2, 0.25) is 0 Å². The van der Waals surface area contributed by atoms with Crippen LogP contribution >= 0.6 is 34.7 Å². The fourth-order valence-corrected chi connectivity index (χ4v) is 7.30. The summed E-state index contributed by atoms with van der Waals surface area (Å²) in [7, 11) is 6.05. The Hall–Kier alpha value is -3.15. The zero-order chi connectivity index (χ0) is 28.8. The highest BCUT2D eigenvalue weighted by molar-refractivity contribution is 8.01. The number of carbonyl (C=O) groups is 1. The summed E-state index contributed by atoms with van der Waals surface area (Å²) in [6.07, 6.45) is 2.95. The van der Waals surface area contributed by atoms with E-state index in [1.54, 1.807) is 37.4 Å². The number of esters is 1. The Labute approximate surface area is 246 Å². The van der Waals surface area contributed by atoms with Crippen molar-refractivity contribution in [1.82, 2.24) is 4.98 Å². The van der Waals surface area contributed by atoms with E-state index in [0.717, 1.165) is 21.0 Å². The van der Waals surface area contributed by atoms with Crippen molar-refractivity contribution in [2.45, 2.75) is 29.8 Å². The quantitative estimate of drug-likeness (QED) is 0.178. The number of fused-ring (bicyclic) bond motifs is 1. The van der Waals surface area contributed by atoms with Crippen LogP contribution in [0.5, 0.6) is 11.5 Å². The van der Waals surface area contributed by atoms with Crippen molar-refractivity contribution in [3.05, 3.63) is 68.6 Å². The number of amidine groups is 2. The summed E-state index contributed by atoms with van der Waals surface area (Å²) >= 11 is 9.52. The van der Waals surface area contributed by atoms with Gasteiger partial charge in [0.15, 0.2) is 11.5 Å². The zero-order valence-electron chi connectivity index (χ0n) is 22.6. The number of aryl methyl sites for hydroxylation is 1. The molecule has 12 heteroatoms. The van der Waals surface area contributed by atoms with Crippen LogP contribution in [0.1, 0.15) is 32.7 Å². The second kappa shape index (κ2) is 13.5. The van der Waals surface area contributed by atoms with E-state index in [4.69, 9.17) is 25.8 Å². The van der Waals surface area contributed by atoms with Gasteiger partial charge in [0.25, 0.3) is 0 Å². The molecule has 0 saturated carbocycles. The maximum absolute atomic E-state index is 14.3. The fraction of sp³-hybridized carbons (Fsp3) is 0.357. The van der Waals surface area contributed by atoms with E-state index >= 15 is 0 Å². The molecule has 0 aliphatic carbocycles. The lowest BCUT2D eigenvalue weighted by Gasteiger charge is -2.27. The largest absolute Gasteiger partial charge is 0.493 e. The number of alkyl halides is 1. The first-order valence-corrected chi connectivity index (χ1v) is 14.5. The van der Waals surface area contributed by atoms with Crippen molar-refractivity contribution in [2.75, 3.05) is 40.0 Å². The highest BCUT2D eigenvalue weighted by Crippen LogP contribution is 2.51. The van der Waals surface area contributed by atoms with Crippen LogP contribution in [0.25, 0.3) is 0 Å². The lowest BCUT2D eigenvalue weighted by molar-refractivity contribution is -0.140. The minimum absolute atomic E-state index is 0.121. The van der Waals surface area contributed by atoms with Crippen molar-refractivity contribution in [2.24, 2.45) is 4.99 Å². The molecule has 1 aliphatic heterocycles. The van der Waals surface area contributed by atoms with E-state index in [1.165, 1.54) is 37.3 Å². The van der Waals surface area contributed by atoms with Gasteiger partial charge < -0.3 is 14.2 Å². The molecule has 2 heterocycles. The van der Waals surface area contributed by atoms with Gasteiger partial charge in [-0.25, -0.2) is 9.37 Å². The van der Waals surface area contributed by atoms with E-state index in [-0.39, 0.29) is 29.3 Å². The maximum atomic E-state index is 14.3. The molecule has 0 bridgehead atoms. The standard InChI is InChI=1S/C28H30ClFN4O4S2/c1-32-23(14-30)34-20-10-8-16(29)12-19(20)27(18-6-5-7-21(36-2)26(18)38-4)40-22(28(34)31)13-24-33-15-17(39-24)9-11-25(35)37-3/h5-8,10,12,15,22,27,31H,9,11,13-14H2,1-4H3/b31-28?,32-23-/t22-,27-/m0/s1. The van der Waals surface area contributed by atoms with E-state index < -0.39 is 11.9 Å². The third-order valence-electron chi connectivity index (χ3n) is 6.48. The molecule has 2 aromatic carbocycles. The first-order chi connectivity index (χ1) is 19.3. The van der Waals surface area contributed by atoms with E-state index in [1.807, 2.05) is 24.3 Å². The number of nitrogens with one attached hydrogen (secondary N) is 1. The molecule has 212 valence electrons. The molecule has 40 heavy (non-hydrogen) atoms. The van der Waals surface area contributed by atoms with E-state index in [0.29, 0.717) is 35.1 Å². The van der Waals surface area contributed by atoms with Crippen LogP contribution in [0.15, 0.2) is 47.6 Å². The summed E-state index contributed by atoms with van der Waals surface area (Å²) in [5.41, 5.74) is 2.25. The van der Waals surface area contributed by atoms with Crippen LogP contribution in [0.2, 0.25) is 5.02 Å². The number of halogens is 2. The van der Waals surface area contributed by atoms with Gasteiger partial charge in [0.05, 0.1) is 48.9 Å². The summed E-state index contributed by atoms with van der Waals surface area (Å²) < 4.78 is 30.4. The van der Waals surface area contributed by atoms with Crippen molar-refractivity contribution in [1.29, 1.82) is 5.41 Å². The molecule has 0 unspecified atom stereocenters. The van der Waals surface area contributed by atoms with Gasteiger partial charge in [-0.1, -0.05) is 23.7 Å². The first-order valence-electron chi connectivity index (χ1n) is 12.4. The molecular weight excluding hydrogens is 575 g/mol. The van der Waals surface area contributed by atoms with Gasteiger partial charge in [0.1, 0.15) is 18.3 Å². The van der Waals surface area contributed by atoms with Crippen molar-refractivity contribution >= 4 is 58.0 Å². The Bertz CT molecular complexity index is 1420. The third-order valence-corrected chi connectivity index (χ3v) is 9.29. The van der Waals surface area contributed by atoms with Crippen molar-refractivity contribution < 1.29 is 23.4 Å². The summed E-state index contributed by atoms with van der Waals surface area (Å²) in [5.74, 6) is 1.17. The topological polar surface area (TPSA) is 97.1 Å². The highest BCUT2D eigenvalue weighted by atomic mass is 35.5. The number of thioether (sulfide) groups is 1. The molecule has 0 saturated heterocycles. The summed E-state index contributed by atoms with van der Waals surface area (Å²) in [6, 6.07) is 11.0. The number of carbonyl (C=O) groups excluding carboxylic acids is 1. The number of benzene rings is 2. The molecular formula is C28H30ClFN4O4S2. The summed E-state index contributed by atoms with van der Waals surface area (Å²) in [4.78, 5) is 22.9. The average Bonchev–Trinajstić information content (AvgIpc) is 3.39. The van der Waals surface area contributed by atoms with Gasteiger partial charge in [0, 0.05) is 35.1 Å². The van der Waals surface area contributed by atoms with Gasteiger partial charge >= 0.3 is 5.97 Å². The number of methoxy groups -OCH3 is 3. The first kappa shape index (κ1) is 29.8. The number of ether oxygens (including phenoxy) is 3. The van der Waals surface area contributed by atoms with Crippen molar-refractivity contribution in [3.63, 3.8) is 0 Å². The molecule has 1 aromatic heterocycles. The zero-order valence-corrected chi connectivity index (χ0v) is 25.0. The van der Waals surface area contributed by atoms with Crippen LogP contribution in [0, 0.1) is 5.41 Å². The normalized spacial score (nSPS) is 17.3. The smallest absolute Gasteiger partial charge is 0.305 e. The van der Waals surface area contributed by atoms with Crippen LogP contribution in [-0.4, -0.2) is 62.9 Å². The molecule has 4 rings (SSSR count). The van der Waals surface area contributed by atoms with Crippen LogP contribution in [-0.2, 0) is 22.4 Å². The second-order valence-electron chi connectivity index (χ2n) is 8.79. The van der Waals surface area contributed by atoms with Crippen molar-refractivity contribution in [3.8, 4) is 11.5 Å². The number of nitrogens with zero attached hydrogens (tertiary/aromatic N) is 3. The Kier molecular flexibility index (Phi) is 10.0. The van der Waals surface area contributed by atoms with Gasteiger partial charge in [-0.15, -0.1) is 23.1 Å². The lowest BCUT2D eigenvalue weighted by atomic mass is 10.00. The molecule has 0 spiro atoms. The SMILES string of the molecule is C/N=C(/CF)N1C(=N)[C@H](Cc2ncc(CCC(=O)OC)s2)S[C@@H](c2cccc(OC)c2OC)c2cc(Cl)ccc21. The minimum atomic E-state index is -0.847. The molecule has 0 radical (unpaired) electrons. The molecule has 1 aliphatic rings. The van der Waals surface area contributed by atoms with Crippen LogP contribution in [0.4, 0.5) is 10.1 Å². The predicted molar refractivity (Wildman–Crippen MR) is 160 cm³/mol. The number of hydrogen-bond donors (Lipinski definition) is 1. The van der Waals surface area contributed by atoms with Gasteiger partial charge in [-0.05, 0) is 36.2 Å². The number of aliphatic imine (C=N–C) groups is 1. The molecule has 1 N–H and O–H groups in total. The Morgan fingerprint density at radius 1 is 1.20 bits per heavy atom. The van der Waals surface area contributed by atoms with Crippen LogP contribution in [0.3, 0.4) is 0 Å². The summed E-state index contributed by atoms with van der Waals surface area (Å²) in [5, 5.41) is 9.84. The molecule has 0 fully saturated rings. The maximum Gasteiger partial charge on any atom is 0.305 e. The number of anilines is 1. The monoisotopic (exact) mass is 604 g/mol. The van der Waals surface area contributed by atoms with E-state index in [9.17, 15) is 14.6 Å². The molecule has 3 aromatic rings. The third kappa shape index (κ3) is 6.26. The molecule has 2 atom stereocenters. The Balaban J connectivity index is 1.82. The second-order valence-corrected chi connectivity index (χ2v) is 11.7. The van der Waals surface area contributed by atoms with Gasteiger partial charge in [-0.2, -0.15) is 0 Å². The number of rotatable bonds is 9. The lowest BCUT2D eigenvalue weighted by Crippen LogP contribution is -2.43. The summed E-state index contributed by atoms with van der Waals surface area (Å²) in [6.45, 7) is -0.847. The number of hydrogen-bond acceptors (Lipinski definition) is 9. The average molecular weight is 605 g/mol. The van der Waals surface area contributed by atoms with Gasteiger partial charge in [-0.3, -0.25) is 20.1 Å². The fourth-order valence-electron chi connectivity index (χ4n) is 4.56. The van der Waals surface area contributed by atoms with Crippen LogP contribution < -0.4 is 14.4 Å². The Morgan fingerprint density at radius 2 is 2.00 bits per heavy atom. The number of thiazole rings is 1. The Morgan fingerprint density at radius 3 is 2.67 bits per heavy atom. The minimum Gasteiger partial charge on any atom is -0.493 e. The number of aromatic nitrogens is 1. The number of para-hydroxylation sites is 1. The van der Waals surface area contributed by atoms with E-state index in [2.05, 4.69) is 9.98 Å². The molecule has 8 nitrogen and oxygen atoms in total. The predicted octanol–water partition coefficient (Wildman–Crippen LogP) is 6.15. The molecule has 0 amide bonds.